The van der Waals surface area contributed by atoms with E-state index in [9.17, 15) is 9.59 Å². The summed E-state index contributed by atoms with van der Waals surface area (Å²) in [6.45, 7) is 4.33. The van der Waals surface area contributed by atoms with E-state index >= 15 is 0 Å². The van der Waals surface area contributed by atoms with Crippen LogP contribution in [0.4, 0.5) is 0 Å². The molecule has 2 aromatic rings. The Balaban J connectivity index is 1.58. The van der Waals surface area contributed by atoms with E-state index in [1.54, 1.807) is 13.0 Å². The molecule has 1 saturated carbocycles. The van der Waals surface area contributed by atoms with Crippen molar-refractivity contribution in [1.29, 1.82) is 0 Å². The number of hydrogen-bond donors (Lipinski definition) is 2. The minimum absolute atomic E-state index is 0.160. The van der Waals surface area contributed by atoms with Gasteiger partial charge in [-0.2, -0.15) is 0 Å². The zero-order valence-electron chi connectivity index (χ0n) is 13.8. The first-order chi connectivity index (χ1) is 11.5. The average Bonchev–Trinajstić information content (AvgIpc) is 3.27. The van der Waals surface area contributed by atoms with Crippen LogP contribution in [0.25, 0.3) is 11.3 Å². The van der Waals surface area contributed by atoms with Gasteiger partial charge in [0.2, 0.25) is 5.91 Å². The predicted molar refractivity (Wildman–Crippen MR) is 89.3 cm³/mol. The molecule has 1 fully saturated rings. The van der Waals surface area contributed by atoms with Gasteiger partial charge in [-0.25, -0.2) is 0 Å². The van der Waals surface area contributed by atoms with E-state index < -0.39 is 11.9 Å². The quantitative estimate of drug-likeness (QED) is 0.852. The van der Waals surface area contributed by atoms with Gasteiger partial charge in [0.1, 0.15) is 6.04 Å². The second kappa shape index (κ2) is 6.86. The fourth-order valence-electron chi connectivity index (χ4n) is 2.29. The van der Waals surface area contributed by atoms with Gasteiger partial charge in [0.05, 0.1) is 0 Å². The molecule has 1 aromatic heterocycles. The standard InChI is InChI=1S/C18H21N3O3/c1-11-3-7-14(8-4-11)16-9-15(21-24-16)18(23)20-12(2)17(22)19-10-13-5-6-13/h3-4,7-9,12-13H,5-6,10H2,1-2H3,(H,19,22)(H,20,23). The van der Waals surface area contributed by atoms with Gasteiger partial charge in [-0.3, -0.25) is 9.59 Å². The van der Waals surface area contributed by atoms with Crippen LogP contribution in [0, 0.1) is 12.8 Å². The second-order valence-corrected chi connectivity index (χ2v) is 6.33. The van der Waals surface area contributed by atoms with E-state index in [0.29, 0.717) is 18.2 Å². The molecule has 1 unspecified atom stereocenters. The van der Waals surface area contributed by atoms with Crippen molar-refractivity contribution in [2.24, 2.45) is 5.92 Å². The SMILES string of the molecule is Cc1ccc(-c2cc(C(=O)NC(C)C(=O)NCC3CC3)no2)cc1. The Morgan fingerprint density at radius 3 is 2.67 bits per heavy atom. The molecule has 0 bridgehead atoms. The first kappa shape index (κ1) is 16.2. The highest BCUT2D eigenvalue weighted by molar-refractivity contribution is 5.96. The summed E-state index contributed by atoms with van der Waals surface area (Å²) < 4.78 is 5.23. The van der Waals surface area contributed by atoms with Gasteiger partial charge in [0, 0.05) is 18.2 Å². The number of carbonyl (C=O) groups excluding carboxylic acids is 2. The molecule has 1 aliphatic carbocycles. The number of rotatable bonds is 6. The van der Waals surface area contributed by atoms with Crippen molar-refractivity contribution in [2.45, 2.75) is 32.7 Å². The number of amides is 2. The molecule has 0 aliphatic heterocycles. The molecule has 2 amide bonds. The minimum atomic E-state index is -0.615. The summed E-state index contributed by atoms with van der Waals surface area (Å²) in [4.78, 5) is 24.1. The maximum Gasteiger partial charge on any atom is 0.274 e. The second-order valence-electron chi connectivity index (χ2n) is 6.33. The topological polar surface area (TPSA) is 84.2 Å². The van der Waals surface area contributed by atoms with Gasteiger partial charge in [0.15, 0.2) is 11.5 Å². The van der Waals surface area contributed by atoms with E-state index in [2.05, 4.69) is 15.8 Å². The highest BCUT2D eigenvalue weighted by Crippen LogP contribution is 2.27. The number of nitrogens with zero attached hydrogens (tertiary/aromatic N) is 1. The van der Waals surface area contributed by atoms with Crippen molar-refractivity contribution < 1.29 is 14.1 Å². The van der Waals surface area contributed by atoms with Crippen LogP contribution in [0.3, 0.4) is 0 Å². The Hall–Kier alpha value is -2.63. The summed E-state index contributed by atoms with van der Waals surface area (Å²) in [6.07, 6.45) is 2.34. The first-order valence-electron chi connectivity index (χ1n) is 8.15. The zero-order valence-corrected chi connectivity index (χ0v) is 13.8. The number of hydrogen-bond acceptors (Lipinski definition) is 4. The first-order valence-corrected chi connectivity index (χ1v) is 8.15. The summed E-state index contributed by atoms with van der Waals surface area (Å²) in [5.41, 5.74) is 2.15. The van der Waals surface area contributed by atoms with Crippen LogP contribution in [-0.2, 0) is 4.79 Å². The molecule has 126 valence electrons. The van der Waals surface area contributed by atoms with Crippen LogP contribution >= 0.6 is 0 Å². The van der Waals surface area contributed by atoms with Crippen molar-refractivity contribution in [3.05, 3.63) is 41.6 Å². The van der Waals surface area contributed by atoms with E-state index in [-0.39, 0.29) is 11.6 Å². The molecule has 1 heterocycles. The summed E-state index contributed by atoms with van der Waals surface area (Å²) >= 11 is 0. The lowest BCUT2D eigenvalue weighted by Crippen LogP contribution is -2.45. The molecule has 24 heavy (non-hydrogen) atoms. The van der Waals surface area contributed by atoms with Crippen LogP contribution < -0.4 is 10.6 Å². The Morgan fingerprint density at radius 2 is 2.00 bits per heavy atom. The fraction of sp³-hybridized carbons (Fsp3) is 0.389. The maximum atomic E-state index is 12.2. The highest BCUT2D eigenvalue weighted by Gasteiger charge is 2.24. The molecule has 0 radical (unpaired) electrons. The van der Waals surface area contributed by atoms with Crippen molar-refractivity contribution >= 4 is 11.8 Å². The van der Waals surface area contributed by atoms with Gasteiger partial charge in [-0.15, -0.1) is 0 Å². The molecule has 2 N–H and O–H groups in total. The van der Waals surface area contributed by atoms with E-state index in [4.69, 9.17) is 4.52 Å². The molecule has 3 rings (SSSR count). The molecule has 1 atom stereocenters. The van der Waals surface area contributed by atoms with Gasteiger partial charge in [-0.1, -0.05) is 35.0 Å². The molecule has 1 aromatic carbocycles. The number of carbonyl (C=O) groups is 2. The molecular weight excluding hydrogens is 306 g/mol. The average molecular weight is 327 g/mol. The molecular formula is C18H21N3O3. The third-order valence-electron chi connectivity index (χ3n) is 4.08. The Morgan fingerprint density at radius 1 is 1.29 bits per heavy atom. The summed E-state index contributed by atoms with van der Waals surface area (Å²) in [5.74, 6) is 0.513. The Labute approximate surface area is 140 Å². The molecule has 0 saturated heterocycles. The van der Waals surface area contributed by atoms with Crippen molar-refractivity contribution in [1.82, 2.24) is 15.8 Å². The van der Waals surface area contributed by atoms with Crippen LogP contribution in [0.2, 0.25) is 0 Å². The zero-order chi connectivity index (χ0) is 17.1. The monoisotopic (exact) mass is 327 g/mol. The summed E-state index contributed by atoms with van der Waals surface area (Å²) in [5, 5.41) is 9.27. The lowest BCUT2D eigenvalue weighted by Gasteiger charge is -2.12. The number of aromatic nitrogens is 1. The van der Waals surface area contributed by atoms with Crippen LogP contribution in [-0.4, -0.2) is 29.6 Å². The maximum absolute atomic E-state index is 12.2. The van der Waals surface area contributed by atoms with Crippen LogP contribution in [0.1, 0.15) is 35.8 Å². The summed E-state index contributed by atoms with van der Waals surface area (Å²) in [6, 6.07) is 8.70. The molecule has 1 aliphatic rings. The van der Waals surface area contributed by atoms with Crippen LogP contribution in [0.5, 0.6) is 0 Å². The largest absolute Gasteiger partial charge is 0.355 e. The predicted octanol–water partition coefficient (Wildman–Crippen LogP) is 2.29. The van der Waals surface area contributed by atoms with Gasteiger partial charge in [0.25, 0.3) is 5.91 Å². The van der Waals surface area contributed by atoms with Gasteiger partial charge < -0.3 is 15.2 Å². The summed E-state index contributed by atoms with van der Waals surface area (Å²) in [7, 11) is 0. The molecule has 6 heteroatoms. The van der Waals surface area contributed by atoms with E-state index in [1.165, 1.54) is 12.8 Å². The third-order valence-corrected chi connectivity index (χ3v) is 4.08. The number of benzene rings is 1. The number of nitrogens with one attached hydrogen (secondary N) is 2. The molecule has 6 nitrogen and oxygen atoms in total. The van der Waals surface area contributed by atoms with Gasteiger partial charge in [-0.05, 0) is 32.6 Å². The lowest BCUT2D eigenvalue weighted by molar-refractivity contribution is -0.122. The van der Waals surface area contributed by atoms with E-state index in [1.807, 2.05) is 31.2 Å². The smallest absolute Gasteiger partial charge is 0.274 e. The third kappa shape index (κ3) is 4.01. The Kier molecular flexibility index (Phi) is 4.64. The van der Waals surface area contributed by atoms with Crippen LogP contribution in [0.15, 0.2) is 34.9 Å². The van der Waals surface area contributed by atoms with Gasteiger partial charge >= 0.3 is 0 Å². The fourth-order valence-corrected chi connectivity index (χ4v) is 2.29. The lowest BCUT2D eigenvalue weighted by atomic mass is 10.1. The number of aryl methyl sites for hydroxylation is 1. The highest BCUT2D eigenvalue weighted by atomic mass is 16.5. The minimum Gasteiger partial charge on any atom is -0.355 e. The van der Waals surface area contributed by atoms with E-state index in [0.717, 1.165) is 11.1 Å². The Bertz CT molecular complexity index is 732. The van der Waals surface area contributed by atoms with Crippen molar-refractivity contribution in [2.75, 3.05) is 6.54 Å². The molecule has 0 spiro atoms. The van der Waals surface area contributed by atoms with Crippen molar-refractivity contribution in [3.8, 4) is 11.3 Å². The van der Waals surface area contributed by atoms with Crippen molar-refractivity contribution in [3.63, 3.8) is 0 Å². The normalized spacial score (nSPS) is 14.9.